The molecule has 4 heteroatoms. The highest BCUT2D eigenvalue weighted by molar-refractivity contribution is 7.80. The van der Waals surface area contributed by atoms with Crippen LogP contribution in [0, 0.1) is 5.92 Å². The molecule has 1 atom stereocenters. The molecule has 0 aliphatic heterocycles. The van der Waals surface area contributed by atoms with Crippen LogP contribution < -0.4 is 11.1 Å². The van der Waals surface area contributed by atoms with Crippen molar-refractivity contribution in [2.45, 2.75) is 38.6 Å². The van der Waals surface area contributed by atoms with E-state index in [0.717, 1.165) is 5.56 Å². The molecule has 1 fully saturated rings. The normalized spacial score (nSPS) is 17.1. The van der Waals surface area contributed by atoms with E-state index in [2.05, 4.69) is 12.2 Å². The van der Waals surface area contributed by atoms with E-state index in [9.17, 15) is 4.79 Å². The van der Waals surface area contributed by atoms with Crippen molar-refractivity contribution in [3.8, 4) is 0 Å². The van der Waals surface area contributed by atoms with Gasteiger partial charge in [0.1, 0.15) is 4.99 Å². The SMILES string of the molecule is CC(NC(=O)c1ccc(C(N)=S)cc1)C1CCCC1. The molecule has 102 valence electrons. The maximum Gasteiger partial charge on any atom is 0.251 e. The predicted molar refractivity (Wildman–Crippen MR) is 81.2 cm³/mol. The van der Waals surface area contributed by atoms with Gasteiger partial charge in [0.15, 0.2) is 0 Å². The highest BCUT2D eigenvalue weighted by atomic mass is 32.1. The minimum absolute atomic E-state index is 0.0195. The third kappa shape index (κ3) is 3.53. The third-order valence-electron chi connectivity index (χ3n) is 3.90. The molecule has 1 unspecified atom stereocenters. The molecular weight excluding hydrogens is 256 g/mol. The number of nitrogens with one attached hydrogen (secondary N) is 1. The Bertz CT molecular complexity index is 464. The van der Waals surface area contributed by atoms with Gasteiger partial charge in [-0.2, -0.15) is 0 Å². The van der Waals surface area contributed by atoms with Crippen LogP contribution in [0.1, 0.15) is 48.5 Å². The van der Waals surface area contributed by atoms with Crippen LogP contribution in [0.2, 0.25) is 0 Å². The molecule has 1 aliphatic carbocycles. The molecule has 1 saturated carbocycles. The number of benzene rings is 1. The number of amides is 1. The fourth-order valence-electron chi connectivity index (χ4n) is 2.65. The van der Waals surface area contributed by atoms with Gasteiger partial charge in [0.05, 0.1) is 0 Å². The van der Waals surface area contributed by atoms with Gasteiger partial charge in [0.2, 0.25) is 0 Å². The van der Waals surface area contributed by atoms with Gasteiger partial charge in [-0.05, 0) is 37.8 Å². The molecule has 0 radical (unpaired) electrons. The van der Waals surface area contributed by atoms with Gasteiger partial charge in [0.25, 0.3) is 5.91 Å². The Hall–Kier alpha value is -1.42. The second kappa shape index (κ2) is 6.15. The molecule has 3 nitrogen and oxygen atoms in total. The van der Waals surface area contributed by atoms with Gasteiger partial charge < -0.3 is 11.1 Å². The highest BCUT2D eigenvalue weighted by Crippen LogP contribution is 2.27. The van der Waals surface area contributed by atoms with Gasteiger partial charge in [0, 0.05) is 17.2 Å². The van der Waals surface area contributed by atoms with Gasteiger partial charge in [-0.15, -0.1) is 0 Å². The summed E-state index contributed by atoms with van der Waals surface area (Å²) in [6.07, 6.45) is 5.02. The van der Waals surface area contributed by atoms with Crippen LogP contribution in [-0.2, 0) is 0 Å². The Balaban J connectivity index is 1.97. The van der Waals surface area contributed by atoms with Crippen LogP contribution in [-0.4, -0.2) is 16.9 Å². The molecule has 1 aliphatic rings. The van der Waals surface area contributed by atoms with E-state index in [1.165, 1.54) is 25.7 Å². The maximum absolute atomic E-state index is 12.1. The van der Waals surface area contributed by atoms with Crippen molar-refractivity contribution in [2.24, 2.45) is 11.7 Å². The van der Waals surface area contributed by atoms with Gasteiger partial charge >= 0.3 is 0 Å². The second-order valence-electron chi connectivity index (χ2n) is 5.25. The summed E-state index contributed by atoms with van der Waals surface area (Å²) in [5.41, 5.74) is 6.98. The number of hydrogen-bond donors (Lipinski definition) is 2. The topological polar surface area (TPSA) is 55.1 Å². The van der Waals surface area contributed by atoms with Crippen molar-refractivity contribution in [1.82, 2.24) is 5.32 Å². The molecule has 19 heavy (non-hydrogen) atoms. The molecule has 0 heterocycles. The zero-order valence-corrected chi connectivity index (χ0v) is 12.0. The Morgan fingerprint density at radius 1 is 1.26 bits per heavy atom. The fourth-order valence-corrected chi connectivity index (χ4v) is 2.79. The van der Waals surface area contributed by atoms with E-state index >= 15 is 0 Å². The fraction of sp³-hybridized carbons (Fsp3) is 0.467. The molecule has 0 aromatic heterocycles. The number of nitrogens with two attached hydrogens (primary N) is 1. The molecule has 0 saturated heterocycles. The van der Waals surface area contributed by atoms with Crippen molar-refractivity contribution < 1.29 is 4.79 Å². The summed E-state index contributed by atoms with van der Waals surface area (Å²) in [7, 11) is 0. The van der Waals surface area contributed by atoms with Crippen molar-refractivity contribution in [3.05, 3.63) is 35.4 Å². The quantitative estimate of drug-likeness (QED) is 0.831. The lowest BCUT2D eigenvalue weighted by Crippen LogP contribution is -2.37. The summed E-state index contributed by atoms with van der Waals surface area (Å²) >= 11 is 4.89. The minimum Gasteiger partial charge on any atom is -0.389 e. The maximum atomic E-state index is 12.1. The first-order chi connectivity index (χ1) is 9.08. The molecule has 2 rings (SSSR count). The molecule has 0 bridgehead atoms. The summed E-state index contributed by atoms with van der Waals surface area (Å²) in [5, 5.41) is 3.08. The predicted octanol–water partition coefficient (Wildman–Crippen LogP) is 2.63. The third-order valence-corrected chi connectivity index (χ3v) is 4.13. The lowest BCUT2D eigenvalue weighted by atomic mass is 9.99. The monoisotopic (exact) mass is 276 g/mol. The van der Waals surface area contributed by atoms with Crippen LogP contribution >= 0.6 is 12.2 Å². The summed E-state index contributed by atoms with van der Waals surface area (Å²) in [4.78, 5) is 12.5. The zero-order chi connectivity index (χ0) is 13.8. The van der Waals surface area contributed by atoms with Crippen LogP contribution in [0.15, 0.2) is 24.3 Å². The van der Waals surface area contributed by atoms with Crippen LogP contribution in [0.25, 0.3) is 0 Å². The first-order valence-corrected chi connectivity index (χ1v) is 7.19. The first kappa shape index (κ1) is 14.0. The summed E-state index contributed by atoms with van der Waals surface area (Å²) in [6, 6.07) is 7.36. The van der Waals surface area contributed by atoms with E-state index < -0.39 is 0 Å². The molecular formula is C15H20N2OS. The van der Waals surface area contributed by atoms with E-state index in [4.69, 9.17) is 18.0 Å². The van der Waals surface area contributed by atoms with E-state index in [0.29, 0.717) is 16.5 Å². The molecule has 3 N–H and O–H groups in total. The van der Waals surface area contributed by atoms with Crippen molar-refractivity contribution in [1.29, 1.82) is 0 Å². The largest absolute Gasteiger partial charge is 0.389 e. The Morgan fingerprint density at radius 2 is 1.79 bits per heavy atom. The lowest BCUT2D eigenvalue weighted by Gasteiger charge is -2.20. The number of thiocarbonyl (C=S) groups is 1. The van der Waals surface area contributed by atoms with Crippen molar-refractivity contribution in [2.75, 3.05) is 0 Å². The second-order valence-corrected chi connectivity index (χ2v) is 5.69. The lowest BCUT2D eigenvalue weighted by molar-refractivity contribution is 0.0927. The first-order valence-electron chi connectivity index (χ1n) is 6.78. The van der Waals surface area contributed by atoms with Gasteiger partial charge in [-0.25, -0.2) is 0 Å². The van der Waals surface area contributed by atoms with Crippen molar-refractivity contribution >= 4 is 23.1 Å². The van der Waals surface area contributed by atoms with Gasteiger partial charge in [-0.1, -0.05) is 37.2 Å². The highest BCUT2D eigenvalue weighted by Gasteiger charge is 2.23. The van der Waals surface area contributed by atoms with Gasteiger partial charge in [-0.3, -0.25) is 4.79 Å². The molecule has 1 aromatic rings. The van der Waals surface area contributed by atoms with E-state index in [1.807, 2.05) is 0 Å². The summed E-state index contributed by atoms with van der Waals surface area (Å²) in [6.45, 7) is 2.09. The van der Waals surface area contributed by atoms with E-state index in [1.54, 1.807) is 24.3 Å². The van der Waals surface area contributed by atoms with Crippen molar-refractivity contribution in [3.63, 3.8) is 0 Å². The minimum atomic E-state index is -0.0195. The zero-order valence-electron chi connectivity index (χ0n) is 11.2. The van der Waals surface area contributed by atoms with Crippen LogP contribution in [0.3, 0.4) is 0 Å². The average Bonchev–Trinajstić information content (AvgIpc) is 2.92. The number of carbonyl (C=O) groups excluding carboxylic acids is 1. The molecule has 1 amide bonds. The standard InChI is InChI=1S/C15H20N2OS/c1-10(11-4-2-3-5-11)17-15(18)13-8-6-12(7-9-13)14(16)19/h6-11H,2-5H2,1H3,(H2,16,19)(H,17,18). The molecule has 1 aromatic carbocycles. The van der Waals surface area contributed by atoms with Crippen LogP contribution in [0.5, 0.6) is 0 Å². The smallest absolute Gasteiger partial charge is 0.251 e. The average molecular weight is 276 g/mol. The number of hydrogen-bond acceptors (Lipinski definition) is 2. The van der Waals surface area contributed by atoms with Crippen LogP contribution in [0.4, 0.5) is 0 Å². The summed E-state index contributed by atoms with van der Waals surface area (Å²) < 4.78 is 0. The number of rotatable bonds is 4. The Kier molecular flexibility index (Phi) is 4.53. The summed E-state index contributed by atoms with van der Waals surface area (Å²) in [5.74, 6) is 0.605. The molecule has 0 spiro atoms. The Morgan fingerprint density at radius 3 is 2.32 bits per heavy atom. The Labute approximate surface area is 119 Å². The van der Waals surface area contributed by atoms with E-state index in [-0.39, 0.29) is 11.9 Å². The number of carbonyl (C=O) groups is 1.